The quantitative estimate of drug-likeness (QED) is 0.327. The summed E-state index contributed by atoms with van der Waals surface area (Å²) in [6.45, 7) is 10.1. The van der Waals surface area contributed by atoms with E-state index < -0.39 is 15.9 Å². The Balaban J connectivity index is 1.58. The summed E-state index contributed by atoms with van der Waals surface area (Å²) < 4.78 is 64.1. The second-order valence-electron chi connectivity index (χ2n) is 11.2. The zero-order chi connectivity index (χ0) is 30.1. The van der Waals surface area contributed by atoms with Crippen molar-refractivity contribution in [1.82, 2.24) is 14.5 Å². The highest BCUT2D eigenvalue weighted by Crippen LogP contribution is 2.34. The van der Waals surface area contributed by atoms with Gasteiger partial charge in [-0.2, -0.15) is 8.78 Å². The Labute approximate surface area is 240 Å². The van der Waals surface area contributed by atoms with Crippen molar-refractivity contribution in [3.63, 3.8) is 0 Å². The van der Waals surface area contributed by atoms with Gasteiger partial charge in [0.25, 0.3) is 10.0 Å². The first-order valence-electron chi connectivity index (χ1n) is 13.8. The molecule has 1 aromatic heterocycles. The highest BCUT2D eigenvalue weighted by atomic mass is 32.2. The molecule has 12 heteroatoms. The average Bonchev–Trinajstić information content (AvgIpc) is 3.26. The molecule has 0 aliphatic carbocycles. The average molecular weight is 592 g/mol. The van der Waals surface area contributed by atoms with E-state index in [4.69, 9.17) is 4.74 Å². The van der Waals surface area contributed by atoms with E-state index in [-0.39, 0.29) is 34.8 Å². The van der Waals surface area contributed by atoms with Crippen molar-refractivity contribution in [1.29, 1.82) is 0 Å². The molecule has 3 aromatic rings. The van der Waals surface area contributed by atoms with Crippen molar-refractivity contribution in [2.24, 2.45) is 5.92 Å². The molecule has 1 N–H and O–H groups in total. The van der Waals surface area contributed by atoms with Gasteiger partial charge in [-0.3, -0.25) is 4.31 Å². The highest BCUT2D eigenvalue weighted by Gasteiger charge is 2.33. The van der Waals surface area contributed by atoms with Gasteiger partial charge in [0.2, 0.25) is 0 Å². The minimum Gasteiger partial charge on any atom is -0.381 e. The lowest BCUT2D eigenvalue weighted by molar-refractivity contribution is 0.00222. The van der Waals surface area contributed by atoms with Crippen LogP contribution in [0.5, 0.6) is 0 Å². The number of amides is 2. The first kappa shape index (κ1) is 30.7. The number of carbonyl (C=O) groups is 1. The van der Waals surface area contributed by atoms with Gasteiger partial charge in [-0.1, -0.05) is 0 Å². The molecule has 0 spiro atoms. The molecule has 4 rings (SSSR count). The molecule has 0 unspecified atom stereocenters. The zero-order valence-electron chi connectivity index (χ0n) is 24.4. The topological polar surface area (TPSA) is 96.8 Å². The van der Waals surface area contributed by atoms with Crippen LogP contribution >= 0.6 is 0 Å². The summed E-state index contributed by atoms with van der Waals surface area (Å²) in [5, 5.41) is 2.81. The van der Waals surface area contributed by atoms with Crippen LogP contribution in [0.1, 0.15) is 53.3 Å². The number of carbonyl (C=O) groups excluding carboxylic acids is 1. The lowest BCUT2D eigenvalue weighted by Gasteiger charge is -2.30. The molecule has 1 saturated heterocycles. The van der Waals surface area contributed by atoms with Gasteiger partial charge in [0.1, 0.15) is 0 Å². The van der Waals surface area contributed by atoms with Crippen molar-refractivity contribution in [3.05, 3.63) is 48.3 Å². The molecular weight excluding hydrogens is 552 g/mol. The molecule has 0 bridgehead atoms. The van der Waals surface area contributed by atoms with Crippen LogP contribution in [0.3, 0.4) is 0 Å². The van der Waals surface area contributed by atoms with Crippen LogP contribution in [-0.2, 0) is 27.2 Å². The van der Waals surface area contributed by atoms with E-state index in [2.05, 4.69) is 10.3 Å². The number of imidazole rings is 1. The van der Waals surface area contributed by atoms with E-state index in [9.17, 15) is 22.0 Å². The number of sulfonamides is 1. The fourth-order valence-electron chi connectivity index (χ4n) is 5.28. The SMILES string of the molecule is CC(C)N(C(=O)Nc1ccc(S(=O)(=O)N(C)c2ccc3c(c2)nc(C(C)(F)F)n3CC2CCOCC2)cc1)C(C)C. The number of hydrogen-bond acceptors (Lipinski definition) is 5. The summed E-state index contributed by atoms with van der Waals surface area (Å²) >= 11 is 0. The minimum atomic E-state index is -3.99. The van der Waals surface area contributed by atoms with E-state index in [1.165, 1.54) is 37.4 Å². The van der Waals surface area contributed by atoms with E-state index in [1.807, 2.05) is 27.7 Å². The summed E-state index contributed by atoms with van der Waals surface area (Å²) in [5.41, 5.74) is 1.58. The molecule has 2 amide bonds. The lowest BCUT2D eigenvalue weighted by Crippen LogP contribution is -2.44. The second kappa shape index (κ2) is 11.9. The molecule has 1 aliphatic heterocycles. The van der Waals surface area contributed by atoms with Gasteiger partial charge in [0, 0.05) is 51.5 Å². The van der Waals surface area contributed by atoms with E-state index >= 15 is 0 Å². The molecule has 1 fully saturated rings. The van der Waals surface area contributed by atoms with Gasteiger partial charge in [-0.05, 0) is 88.9 Å². The zero-order valence-corrected chi connectivity index (χ0v) is 25.2. The summed E-state index contributed by atoms with van der Waals surface area (Å²) in [4.78, 5) is 18.7. The van der Waals surface area contributed by atoms with Gasteiger partial charge < -0.3 is 19.5 Å². The summed E-state index contributed by atoms with van der Waals surface area (Å²) in [5.74, 6) is -3.31. The minimum absolute atomic E-state index is 0.00599. The van der Waals surface area contributed by atoms with Crippen LogP contribution in [0.4, 0.5) is 25.0 Å². The van der Waals surface area contributed by atoms with Gasteiger partial charge in [-0.15, -0.1) is 0 Å². The molecule has 2 heterocycles. The third kappa shape index (κ3) is 6.64. The summed E-state index contributed by atoms with van der Waals surface area (Å²) in [6, 6.07) is 10.4. The maximum atomic E-state index is 14.6. The number of fused-ring (bicyclic) bond motifs is 1. The van der Waals surface area contributed by atoms with Crippen LogP contribution < -0.4 is 9.62 Å². The van der Waals surface area contributed by atoms with Crippen LogP contribution in [0.15, 0.2) is 47.4 Å². The number of alkyl halides is 2. The van der Waals surface area contributed by atoms with Crippen molar-refractivity contribution in [2.75, 3.05) is 29.9 Å². The van der Waals surface area contributed by atoms with Crippen LogP contribution in [0.2, 0.25) is 0 Å². The maximum absolute atomic E-state index is 14.6. The monoisotopic (exact) mass is 591 g/mol. The Morgan fingerprint density at radius 3 is 2.27 bits per heavy atom. The van der Waals surface area contributed by atoms with E-state index in [0.717, 1.165) is 24.1 Å². The molecule has 41 heavy (non-hydrogen) atoms. The fourth-order valence-corrected chi connectivity index (χ4v) is 6.47. The Kier molecular flexibility index (Phi) is 8.93. The second-order valence-corrected chi connectivity index (χ2v) is 13.2. The number of halogens is 2. The molecule has 0 atom stereocenters. The Bertz CT molecular complexity index is 1470. The van der Waals surface area contributed by atoms with Gasteiger partial charge in [0.05, 0.1) is 21.6 Å². The first-order chi connectivity index (χ1) is 19.2. The number of hydrogen-bond donors (Lipinski definition) is 1. The smallest absolute Gasteiger partial charge is 0.322 e. The molecular formula is C29H39F2N5O4S. The number of aromatic nitrogens is 2. The van der Waals surface area contributed by atoms with Gasteiger partial charge in [-0.25, -0.2) is 18.2 Å². The molecule has 0 radical (unpaired) electrons. The van der Waals surface area contributed by atoms with Gasteiger partial charge >= 0.3 is 12.0 Å². The van der Waals surface area contributed by atoms with Crippen LogP contribution in [0.25, 0.3) is 11.0 Å². The number of ether oxygens (including phenoxy) is 1. The predicted octanol–water partition coefficient (Wildman–Crippen LogP) is 6.05. The predicted molar refractivity (Wildman–Crippen MR) is 156 cm³/mol. The molecule has 0 saturated carbocycles. The number of anilines is 2. The number of nitrogens with one attached hydrogen (secondary N) is 1. The lowest BCUT2D eigenvalue weighted by atomic mass is 10.00. The van der Waals surface area contributed by atoms with E-state index in [1.54, 1.807) is 21.6 Å². The van der Waals surface area contributed by atoms with Crippen molar-refractivity contribution >= 4 is 38.5 Å². The number of nitrogens with zero attached hydrogens (tertiary/aromatic N) is 4. The standard InChI is InChI=1S/C29H39F2N5O4S/c1-19(2)36(20(3)4)28(37)32-22-7-10-24(11-8-22)41(38,39)34(6)23-9-12-26-25(17-23)33-27(29(5,30)31)35(26)18-21-13-15-40-16-14-21/h7-12,17,19-21H,13-16,18H2,1-6H3,(H,32,37). The summed E-state index contributed by atoms with van der Waals surface area (Å²) in [6.07, 6.45) is 1.56. The van der Waals surface area contributed by atoms with Crippen molar-refractivity contribution in [2.45, 2.75) is 76.9 Å². The number of benzene rings is 2. The Morgan fingerprint density at radius 1 is 1.10 bits per heavy atom. The third-order valence-electron chi connectivity index (χ3n) is 7.38. The van der Waals surface area contributed by atoms with Crippen molar-refractivity contribution < 1.29 is 26.7 Å². The van der Waals surface area contributed by atoms with Crippen LogP contribution in [0, 0.1) is 5.92 Å². The largest absolute Gasteiger partial charge is 0.381 e. The van der Waals surface area contributed by atoms with Gasteiger partial charge in [0.15, 0.2) is 5.82 Å². The fraction of sp³-hybridized carbons (Fsp3) is 0.517. The third-order valence-corrected chi connectivity index (χ3v) is 9.18. The van der Waals surface area contributed by atoms with Crippen molar-refractivity contribution in [3.8, 4) is 0 Å². The first-order valence-corrected chi connectivity index (χ1v) is 15.3. The number of urea groups is 1. The molecule has 2 aromatic carbocycles. The Morgan fingerprint density at radius 2 is 1.71 bits per heavy atom. The number of rotatable bonds is 9. The summed E-state index contributed by atoms with van der Waals surface area (Å²) in [7, 11) is -2.58. The highest BCUT2D eigenvalue weighted by molar-refractivity contribution is 7.92. The molecule has 1 aliphatic rings. The van der Waals surface area contributed by atoms with E-state index in [0.29, 0.717) is 42.2 Å². The molecule has 9 nitrogen and oxygen atoms in total. The normalized spacial score (nSPS) is 15.1. The van der Waals surface area contributed by atoms with Crippen LogP contribution in [-0.4, -0.2) is 61.2 Å². The maximum Gasteiger partial charge on any atom is 0.322 e. The molecule has 224 valence electrons. The Hall–Kier alpha value is -3.25.